The van der Waals surface area contributed by atoms with Gasteiger partial charge >= 0.3 is 0 Å². The van der Waals surface area contributed by atoms with Crippen molar-refractivity contribution >= 4 is 32.8 Å². The van der Waals surface area contributed by atoms with Gasteiger partial charge in [-0.2, -0.15) is 0 Å². The lowest BCUT2D eigenvalue weighted by atomic mass is 10.1. The van der Waals surface area contributed by atoms with E-state index in [2.05, 4.69) is 59.2 Å². The van der Waals surface area contributed by atoms with E-state index in [1.54, 1.807) is 6.26 Å². The van der Waals surface area contributed by atoms with Gasteiger partial charge < -0.3 is 8.98 Å². The Balaban J connectivity index is 1.28. The first-order valence-corrected chi connectivity index (χ1v) is 13.2. The van der Waals surface area contributed by atoms with E-state index in [9.17, 15) is 0 Å². The molecule has 0 radical (unpaired) electrons. The predicted octanol–water partition coefficient (Wildman–Crippen LogP) is 8.72. The molecule has 0 unspecified atom stereocenters. The van der Waals surface area contributed by atoms with Gasteiger partial charge in [-0.1, -0.05) is 78.9 Å². The zero-order valence-electron chi connectivity index (χ0n) is 21.4. The van der Waals surface area contributed by atoms with E-state index in [0.29, 0.717) is 17.5 Å². The summed E-state index contributed by atoms with van der Waals surface area (Å²) in [5.74, 6) is 1.95. The van der Waals surface area contributed by atoms with Crippen molar-refractivity contribution in [1.82, 2.24) is 19.5 Å². The van der Waals surface area contributed by atoms with Crippen LogP contribution in [0.4, 0.5) is 0 Å². The van der Waals surface area contributed by atoms with Crippen LogP contribution in [-0.4, -0.2) is 19.5 Å². The Morgan fingerprint density at radius 3 is 1.68 bits per heavy atom. The Hall–Kier alpha value is -5.55. The van der Waals surface area contributed by atoms with E-state index in [1.165, 1.54) is 10.8 Å². The quantitative estimate of drug-likeness (QED) is 0.236. The highest BCUT2D eigenvalue weighted by Gasteiger charge is 2.16. The average Bonchev–Trinajstić information content (AvgIpc) is 3.64. The molecule has 3 heterocycles. The highest BCUT2D eigenvalue weighted by molar-refractivity contribution is 6.20. The largest absolute Gasteiger partial charge is 0.464 e. The van der Waals surface area contributed by atoms with Gasteiger partial charge in [0.05, 0.1) is 17.3 Å². The highest BCUT2D eigenvalue weighted by atomic mass is 16.3. The van der Waals surface area contributed by atoms with Crippen LogP contribution < -0.4 is 0 Å². The summed E-state index contributed by atoms with van der Waals surface area (Å²) in [5, 5.41) is 3.52. The van der Waals surface area contributed by atoms with E-state index in [-0.39, 0.29) is 0 Å². The van der Waals surface area contributed by atoms with Crippen molar-refractivity contribution in [3.05, 3.63) is 134 Å². The van der Waals surface area contributed by atoms with Crippen LogP contribution in [0.3, 0.4) is 0 Å². The molecule has 3 aromatic heterocycles. The molecule has 0 amide bonds. The monoisotopic (exact) mass is 514 g/mol. The summed E-state index contributed by atoms with van der Waals surface area (Å²) >= 11 is 0. The van der Waals surface area contributed by atoms with Gasteiger partial charge in [-0.25, -0.2) is 15.0 Å². The lowest BCUT2D eigenvalue weighted by Gasteiger charge is -2.10. The van der Waals surface area contributed by atoms with Crippen LogP contribution >= 0.6 is 0 Å². The lowest BCUT2D eigenvalue weighted by Crippen LogP contribution is -2.00. The fourth-order valence-corrected chi connectivity index (χ4v) is 5.49. The van der Waals surface area contributed by atoms with Crippen molar-refractivity contribution in [2.45, 2.75) is 0 Å². The molecule has 0 bridgehead atoms. The Bertz CT molecular complexity index is 2090. The molecule has 0 aliphatic heterocycles. The molecular weight excluding hydrogens is 492 g/mol. The Labute approximate surface area is 230 Å². The zero-order chi connectivity index (χ0) is 26.5. The topological polar surface area (TPSA) is 56.7 Å². The number of hydrogen-bond acceptors (Lipinski definition) is 4. The summed E-state index contributed by atoms with van der Waals surface area (Å²) in [4.78, 5) is 14.6. The van der Waals surface area contributed by atoms with Crippen molar-refractivity contribution in [1.29, 1.82) is 0 Å². The number of rotatable bonds is 4. The normalized spacial score (nSPS) is 11.5. The lowest BCUT2D eigenvalue weighted by molar-refractivity contribution is 0.616. The zero-order valence-corrected chi connectivity index (χ0v) is 21.4. The molecule has 0 aliphatic rings. The van der Waals surface area contributed by atoms with Crippen LogP contribution in [0.15, 0.2) is 138 Å². The van der Waals surface area contributed by atoms with Crippen molar-refractivity contribution in [3.63, 3.8) is 0 Å². The molecule has 40 heavy (non-hydrogen) atoms. The number of hydrogen-bond donors (Lipinski definition) is 0. The molecule has 8 rings (SSSR count). The summed E-state index contributed by atoms with van der Waals surface area (Å²) in [6.45, 7) is 0. The molecule has 5 nitrogen and oxygen atoms in total. The van der Waals surface area contributed by atoms with Crippen molar-refractivity contribution < 1.29 is 4.42 Å². The molecule has 5 aromatic carbocycles. The van der Waals surface area contributed by atoms with E-state index in [1.807, 2.05) is 72.8 Å². The highest BCUT2D eigenvalue weighted by Crippen LogP contribution is 2.37. The van der Waals surface area contributed by atoms with Crippen LogP contribution in [0.25, 0.3) is 72.6 Å². The minimum Gasteiger partial charge on any atom is -0.464 e. The van der Waals surface area contributed by atoms with Crippen LogP contribution in [0.1, 0.15) is 0 Å². The standard InChI is InChI=1S/C35H22N4O/c1-3-9-23(10-4-1)33-36-34(24-11-5-2-6-12-24)38-35(37-33)25-15-17-26(18-16-25)39-29-14-8-7-13-27(29)32-28-21-22-40-31(28)20-19-30(32)39/h1-22H. The van der Waals surface area contributed by atoms with Gasteiger partial charge in [0.2, 0.25) is 0 Å². The summed E-state index contributed by atoms with van der Waals surface area (Å²) in [5.41, 5.74) is 7.09. The molecule has 0 atom stereocenters. The molecule has 8 aromatic rings. The minimum absolute atomic E-state index is 0.640. The molecule has 188 valence electrons. The van der Waals surface area contributed by atoms with E-state index in [0.717, 1.165) is 44.4 Å². The second kappa shape index (κ2) is 9.03. The van der Waals surface area contributed by atoms with Crippen LogP contribution in [0.5, 0.6) is 0 Å². The van der Waals surface area contributed by atoms with E-state index < -0.39 is 0 Å². The van der Waals surface area contributed by atoms with Gasteiger partial charge in [0, 0.05) is 38.5 Å². The summed E-state index contributed by atoms with van der Waals surface area (Å²) in [7, 11) is 0. The van der Waals surface area contributed by atoms with Gasteiger partial charge in [0.25, 0.3) is 0 Å². The first kappa shape index (κ1) is 22.4. The molecule has 0 saturated heterocycles. The van der Waals surface area contributed by atoms with Gasteiger partial charge in [0.15, 0.2) is 17.5 Å². The maximum atomic E-state index is 5.71. The number of nitrogens with zero attached hydrogens (tertiary/aromatic N) is 4. The van der Waals surface area contributed by atoms with Crippen LogP contribution in [0, 0.1) is 0 Å². The predicted molar refractivity (Wildman–Crippen MR) is 160 cm³/mol. The third-order valence-corrected chi connectivity index (χ3v) is 7.35. The molecule has 0 saturated carbocycles. The second-order valence-electron chi connectivity index (χ2n) is 9.73. The Morgan fingerprint density at radius 2 is 1.02 bits per heavy atom. The Morgan fingerprint density at radius 1 is 0.450 bits per heavy atom. The van der Waals surface area contributed by atoms with Gasteiger partial charge in [0.1, 0.15) is 5.58 Å². The fourth-order valence-electron chi connectivity index (χ4n) is 5.49. The number of fused-ring (bicyclic) bond motifs is 5. The maximum absolute atomic E-state index is 5.71. The van der Waals surface area contributed by atoms with Crippen LogP contribution in [0.2, 0.25) is 0 Å². The fraction of sp³-hybridized carbons (Fsp3) is 0. The summed E-state index contributed by atoms with van der Waals surface area (Å²) < 4.78 is 8.01. The molecular formula is C35H22N4O. The first-order chi connectivity index (χ1) is 19.8. The Kier molecular flexibility index (Phi) is 5.07. The van der Waals surface area contributed by atoms with E-state index >= 15 is 0 Å². The molecule has 0 spiro atoms. The SMILES string of the molecule is c1ccc(-c2nc(-c3ccccc3)nc(-c3ccc(-n4c5ccccc5c5c6ccoc6ccc54)cc3)n2)cc1. The van der Waals surface area contributed by atoms with E-state index in [4.69, 9.17) is 19.4 Å². The maximum Gasteiger partial charge on any atom is 0.164 e. The van der Waals surface area contributed by atoms with Crippen molar-refractivity contribution in [2.24, 2.45) is 0 Å². The van der Waals surface area contributed by atoms with Gasteiger partial charge in [-0.15, -0.1) is 0 Å². The number of benzene rings is 5. The average molecular weight is 515 g/mol. The summed E-state index contributed by atoms with van der Waals surface area (Å²) in [6.07, 6.45) is 1.76. The van der Waals surface area contributed by atoms with Gasteiger partial charge in [-0.3, -0.25) is 0 Å². The first-order valence-electron chi connectivity index (χ1n) is 13.2. The summed E-state index contributed by atoms with van der Waals surface area (Å²) in [6, 6.07) is 43.3. The number of aromatic nitrogens is 4. The van der Waals surface area contributed by atoms with Crippen molar-refractivity contribution in [3.8, 4) is 39.9 Å². The second-order valence-corrected chi connectivity index (χ2v) is 9.73. The molecule has 0 aliphatic carbocycles. The third-order valence-electron chi connectivity index (χ3n) is 7.35. The number of furan rings is 1. The minimum atomic E-state index is 0.640. The number of para-hydroxylation sites is 1. The van der Waals surface area contributed by atoms with Crippen LogP contribution in [-0.2, 0) is 0 Å². The van der Waals surface area contributed by atoms with Crippen molar-refractivity contribution in [2.75, 3.05) is 0 Å². The smallest absolute Gasteiger partial charge is 0.164 e. The molecule has 0 N–H and O–H groups in total. The molecule has 0 fully saturated rings. The van der Waals surface area contributed by atoms with Gasteiger partial charge in [-0.05, 0) is 48.5 Å². The molecule has 5 heteroatoms. The third kappa shape index (κ3) is 3.60.